The highest BCUT2D eigenvalue weighted by molar-refractivity contribution is 5.34. The summed E-state index contributed by atoms with van der Waals surface area (Å²) in [6, 6.07) is 0. The molecule has 0 N–H and O–H groups in total. The first-order valence-corrected chi connectivity index (χ1v) is 12.6. The Morgan fingerprint density at radius 1 is 0.964 bits per heavy atom. The maximum Gasteiger partial charge on any atom is -0.00445 e. The van der Waals surface area contributed by atoms with Gasteiger partial charge in [0.1, 0.15) is 0 Å². The summed E-state index contributed by atoms with van der Waals surface area (Å²) in [6.45, 7) is 15.2. The van der Waals surface area contributed by atoms with E-state index in [-0.39, 0.29) is 0 Å². The molecule has 28 heavy (non-hydrogen) atoms. The fourth-order valence-electron chi connectivity index (χ4n) is 8.33. The summed E-state index contributed by atoms with van der Waals surface area (Å²) < 4.78 is 0. The molecule has 0 saturated heterocycles. The molecule has 4 aliphatic rings. The number of hydrogen-bond acceptors (Lipinski definition) is 0. The van der Waals surface area contributed by atoms with Crippen LogP contribution in [0.1, 0.15) is 99.3 Å². The highest BCUT2D eigenvalue weighted by atomic mass is 14.6. The fraction of sp³-hybridized carbons (Fsp3) is 0.857. The second kappa shape index (κ2) is 7.63. The van der Waals surface area contributed by atoms with Gasteiger partial charge in [0.05, 0.1) is 0 Å². The van der Waals surface area contributed by atoms with Crippen molar-refractivity contribution in [2.45, 2.75) is 99.3 Å². The largest absolute Gasteiger partial charge is 0.0842 e. The first-order valence-electron chi connectivity index (χ1n) is 12.6. The van der Waals surface area contributed by atoms with Crippen molar-refractivity contribution >= 4 is 0 Å². The first kappa shape index (κ1) is 20.7. The molecule has 0 aliphatic heterocycles. The van der Waals surface area contributed by atoms with E-state index in [0.29, 0.717) is 10.8 Å². The van der Waals surface area contributed by atoms with Crippen molar-refractivity contribution in [1.82, 2.24) is 0 Å². The molecule has 0 amide bonds. The van der Waals surface area contributed by atoms with Gasteiger partial charge in [0.25, 0.3) is 0 Å². The molecule has 0 radical (unpaired) electrons. The summed E-state index contributed by atoms with van der Waals surface area (Å²) in [6.07, 6.45) is 20.5. The Bertz CT molecular complexity index is 624. The molecular weight excluding hydrogens is 336 g/mol. The van der Waals surface area contributed by atoms with Crippen LogP contribution in [0.15, 0.2) is 23.8 Å². The highest BCUT2D eigenvalue weighted by Gasteiger charge is 2.58. The molecule has 0 aromatic rings. The topological polar surface area (TPSA) is 0 Å². The second-order valence-electron chi connectivity index (χ2n) is 12.1. The Hall–Kier alpha value is -0.520. The number of fused-ring (bicyclic) bond motifs is 5. The minimum absolute atomic E-state index is 0.482. The van der Waals surface area contributed by atoms with Crippen LogP contribution in [-0.2, 0) is 0 Å². The van der Waals surface area contributed by atoms with Gasteiger partial charge in [-0.1, -0.05) is 72.6 Å². The molecule has 0 aromatic carbocycles. The third-order valence-corrected chi connectivity index (χ3v) is 10.6. The van der Waals surface area contributed by atoms with Crippen LogP contribution < -0.4 is 0 Å². The average molecular weight is 383 g/mol. The zero-order valence-corrected chi connectivity index (χ0v) is 19.6. The maximum atomic E-state index is 2.72. The van der Waals surface area contributed by atoms with Gasteiger partial charge in [-0.2, -0.15) is 0 Å². The maximum absolute atomic E-state index is 2.72. The van der Waals surface area contributed by atoms with Crippen molar-refractivity contribution in [1.29, 1.82) is 0 Å². The lowest BCUT2D eigenvalue weighted by Crippen LogP contribution is -2.49. The molecule has 4 aliphatic carbocycles. The molecular formula is C28H46. The molecule has 0 spiro atoms. The summed E-state index contributed by atoms with van der Waals surface area (Å²) in [5.41, 5.74) is 2.79. The van der Waals surface area contributed by atoms with E-state index in [1.807, 2.05) is 0 Å². The third-order valence-electron chi connectivity index (χ3n) is 10.6. The zero-order chi connectivity index (χ0) is 20.1. The second-order valence-corrected chi connectivity index (χ2v) is 12.1. The summed E-state index contributed by atoms with van der Waals surface area (Å²) >= 11 is 0. The first-order chi connectivity index (χ1) is 13.3. The quantitative estimate of drug-likeness (QED) is 0.447. The standard InChI is InChI=1S/C28H46/c1-19(2)20(3)10-11-21(4)24-14-15-25-23-13-12-22-9-7-8-17-27(22,5)26(23)16-18-28(24,25)6/h7,9,12,19-21,23-26H,8,10-11,13-18H2,1-6H3/t20?,21-,23+,24-,25+,26+,27+,28-/m1/s1. The van der Waals surface area contributed by atoms with Crippen molar-refractivity contribution < 1.29 is 0 Å². The smallest absolute Gasteiger partial charge is 0.00445 e. The van der Waals surface area contributed by atoms with Gasteiger partial charge < -0.3 is 0 Å². The molecule has 8 atom stereocenters. The summed E-state index contributed by atoms with van der Waals surface area (Å²) in [7, 11) is 0. The van der Waals surface area contributed by atoms with E-state index in [0.717, 1.165) is 41.4 Å². The van der Waals surface area contributed by atoms with Gasteiger partial charge in [-0.15, -0.1) is 0 Å². The minimum atomic E-state index is 0.482. The molecule has 0 aromatic heterocycles. The van der Waals surface area contributed by atoms with Crippen molar-refractivity contribution in [3.8, 4) is 0 Å². The van der Waals surface area contributed by atoms with E-state index < -0.39 is 0 Å². The van der Waals surface area contributed by atoms with Gasteiger partial charge in [0, 0.05) is 0 Å². The van der Waals surface area contributed by atoms with E-state index in [1.54, 1.807) is 5.57 Å². The monoisotopic (exact) mass is 382 g/mol. The van der Waals surface area contributed by atoms with Crippen LogP contribution in [0.4, 0.5) is 0 Å². The zero-order valence-electron chi connectivity index (χ0n) is 19.6. The third kappa shape index (κ3) is 3.26. The highest BCUT2D eigenvalue weighted by Crippen LogP contribution is 2.66. The molecule has 0 heteroatoms. The van der Waals surface area contributed by atoms with Crippen molar-refractivity contribution in [3.63, 3.8) is 0 Å². The summed E-state index contributed by atoms with van der Waals surface area (Å²) in [4.78, 5) is 0. The van der Waals surface area contributed by atoms with Crippen LogP contribution >= 0.6 is 0 Å². The van der Waals surface area contributed by atoms with Gasteiger partial charge in [0.15, 0.2) is 0 Å². The van der Waals surface area contributed by atoms with Crippen molar-refractivity contribution in [2.75, 3.05) is 0 Å². The minimum Gasteiger partial charge on any atom is -0.0842 e. The Labute approximate surface area is 175 Å². The van der Waals surface area contributed by atoms with Crippen LogP contribution in [0, 0.1) is 52.3 Å². The van der Waals surface area contributed by atoms with E-state index in [1.165, 1.54) is 57.8 Å². The molecule has 158 valence electrons. The van der Waals surface area contributed by atoms with E-state index >= 15 is 0 Å². The molecule has 0 bridgehead atoms. The van der Waals surface area contributed by atoms with E-state index in [2.05, 4.69) is 59.8 Å². The molecule has 2 saturated carbocycles. The SMILES string of the molecule is CC(C)C(C)CC[C@@H](C)[C@H]1CC[C@H]2[C@@H]3CC=C4C=CCC[C@]4(C)[C@H]3CC[C@]12C. The van der Waals surface area contributed by atoms with Crippen LogP contribution in [0.3, 0.4) is 0 Å². The lowest BCUT2D eigenvalue weighted by atomic mass is 9.47. The molecule has 4 rings (SSSR count). The lowest BCUT2D eigenvalue weighted by Gasteiger charge is -2.57. The molecule has 0 heterocycles. The van der Waals surface area contributed by atoms with Gasteiger partial charge in [-0.05, 0) is 103 Å². The van der Waals surface area contributed by atoms with E-state index in [4.69, 9.17) is 0 Å². The molecule has 0 nitrogen and oxygen atoms in total. The van der Waals surface area contributed by atoms with Crippen LogP contribution in [-0.4, -0.2) is 0 Å². The van der Waals surface area contributed by atoms with Crippen molar-refractivity contribution in [2.24, 2.45) is 52.3 Å². The van der Waals surface area contributed by atoms with Crippen molar-refractivity contribution in [3.05, 3.63) is 23.8 Å². The molecule has 2 fully saturated rings. The average Bonchev–Trinajstić information content (AvgIpc) is 3.02. The van der Waals surface area contributed by atoms with Gasteiger partial charge in [0.2, 0.25) is 0 Å². The van der Waals surface area contributed by atoms with Crippen LogP contribution in [0.25, 0.3) is 0 Å². The fourth-order valence-corrected chi connectivity index (χ4v) is 8.33. The summed E-state index contributed by atoms with van der Waals surface area (Å²) in [5.74, 6) is 6.50. The Kier molecular flexibility index (Phi) is 5.65. The Morgan fingerprint density at radius 2 is 1.75 bits per heavy atom. The number of rotatable bonds is 5. The normalized spacial score (nSPS) is 44.5. The number of hydrogen-bond donors (Lipinski definition) is 0. The van der Waals surface area contributed by atoms with Gasteiger partial charge in [-0.25, -0.2) is 0 Å². The van der Waals surface area contributed by atoms with Gasteiger partial charge in [-0.3, -0.25) is 0 Å². The lowest BCUT2D eigenvalue weighted by molar-refractivity contribution is -0.0453. The van der Waals surface area contributed by atoms with Gasteiger partial charge >= 0.3 is 0 Å². The summed E-state index contributed by atoms with van der Waals surface area (Å²) in [5, 5.41) is 0. The van der Waals surface area contributed by atoms with E-state index in [9.17, 15) is 0 Å². The predicted octanol–water partition coefficient (Wildman–Crippen LogP) is 8.44. The van der Waals surface area contributed by atoms with Crippen LogP contribution in [0.5, 0.6) is 0 Å². The molecule has 1 unspecified atom stereocenters. The Morgan fingerprint density at radius 3 is 2.50 bits per heavy atom. The predicted molar refractivity (Wildman–Crippen MR) is 122 cm³/mol. The Balaban J connectivity index is 1.49. The number of allylic oxidation sites excluding steroid dienone is 4. The van der Waals surface area contributed by atoms with Crippen LogP contribution in [0.2, 0.25) is 0 Å².